The maximum atomic E-state index is 13.5. The highest BCUT2D eigenvalue weighted by molar-refractivity contribution is 6.99. The highest BCUT2D eigenvalue weighted by Gasteiger charge is 2.49. The van der Waals surface area contributed by atoms with E-state index < -0.39 is 5.82 Å². The molecule has 5 nitrogen and oxygen atoms in total. The van der Waals surface area contributed by atoms with Crippen molar-refractivity contribution < 1.29 is 9.18 Å². The van der Waals surface area contributed by atoms with Gasteiger partial charge < -0.3 is 4.90 Å². The number of carbonyl (C=O) groups is 1. The lowest BCUT2D eigenvalue weighted by atomic mass is 9.78. The molecule has 0 radical (unpaired) electrons. The van der Waals surface area contributed by atoms with Crippen molar-refractivity contribution in [2.75, 3.05) is 26.2 Å². The van der Waals surface area contributed by atoms with Crippen LogP contribution in [-0.2, 0) is 6.54 Å². The first kappa shape index (κ1) is 15.9. The molecule has 1 aromatic heterocycles. The number of carbonyl (C=O) groups excluding carboxylic acids is 1. The summed E-state index contributed by atoms with van der Waals surface area (Å²) in [5.41, 5.74) is 1.53. The van der Waals surface area contributed by atoms with Crippen LogP contribution in [0.5, 0.6) is 0 Å². The second-order valence-corrected chi connectivity index (χ2v) is 7.61. The molecule has 24 heavy (non-hydrogen) atoms. The highest BCUT2D eigenvalue weighted by atomic mass is 35.5. The minimum atomic E-state index is -0.554. The molecular weight excluding hydrogens is 351 g/mol. The summed E-state index contributed by atoms with van der Waals surface area (Å²) < 4.78 is 21.8. The van der Waals surface area contributed by atoms with Crippen molar-refractivity contribution in [1.29, 1.82) is 0 Å². The van der Waals surface area contributed by atoms with Crippen LogP contribution in [0.4, 0.5) is 4.39 Å². The van der Waals surface area contributed by atoms with E-state index in [0.29, 0.717) is 5.56 Å². The van der Waals surface area contributed by atoms with E-state index in [1.54, 1.807) is 17.2 Å². The second kappa shape index (κ2) is 6.06. The Morgan fingerprint density at radius 3 is 2.92 bits per heavy atom. The Morgan fingerprint density at radius 2 is 2.21 bits per heavy atom. The minimum absolute atomic E-state index is 0.0367. The molecule has 0 saturated carbocycles. The molecule has 126 valence electrons. The molecule has 0 atom stereocenters. The molecule has 1 aromatic carbocycles. The van der Waals surface area contributed by atoms with Gasteiger partial charge in [-0.05, 0) is 31.2 Å². The number of halogens is 2. The van der Waals surface area contributed by atoms with Crippen LogP contribution in [-0.4, -0.2) is 50.6 Å². The molecule has 2 aliphatic heterocycles. The number of hydrogen-bond acceptors (Lipinski definition) is 5. The largest absolute Gasteiger partial charge is 0.337 e. The van der Waals surface area contributed by atoms with Crippen LogP contribution >= 0.6 is 23.3 Å². The summed E-state index contributed by atoms with van der Waals surface area (Å²) in [7, 11) is 0. The Kier molecular flexibility index (Phi) is 4.02. The van der Waals surface area contributed by atoms with E-state index in [9.17, 15) is 9.18 Å². The molecule has 4 rings (SSSR count). The third kappa shape index (κ3) is 2.92. The number of benzene rings is 1. The van der Waals surface area contributed by atoms with Crippen LogP contribution in [0.3, 0.4) is 0 Å². The zero-order chi connectivity index (χ0) is 16.7. The maximum Gasteiger partial charge on any atom is 0.253 e. The number of amides is 1. The first-order valence-electron chi connectivity index (χ1n) is 7.78. The highest BCUT2D eigenvalue weighted by Crippen LogP contribution is 2.40. The van der Waals surface area contributed by atoms with Crippen LogP contribution in [0.1, 0.15) is 22.5 Å². The predicted molar refractivity (Wildman–Crippen MR) is 89.5 cm³/mol. The van der Waals surface area contributed by atoms with Gasteiger partial charge in [0.25, 0.3) is 5.91 Å². The number of hydrogen-bond donors (Lipinski definition) is 0. The van der Waals surface area contributed by atoms with E-state index in [1.807, 2.05) is 0 Å². The molecule has 0 aliphatic carbocycles. The summed E-state index contributed by atoms with van der Waals surface area (Å²) in [6, 6.07) is 4.22. The van der Waals surface area contributed by atoms with Gasteiger partial charge in [0.1, 0.15) is 5.82 Å². The molecule has 2 aromatic rings. The first-order chi connectivity index (χ1) is 11.5. The molecular formula is C16H16ClFN4OS. The van der Waals surface area contributed by atoms with Crippen molar-refractivity contribution in [2.45, 2.75) is 13.0 Å². The van der Waals surface area contributed by atoms with E-state index in [-0.39, 0.29) is 16.3 Å². The zero-order valence-corrected chi connectivity index (χ0v) is 14.5. The van der Waals surface area contributed by atoms with E-state index in [2.05, 4.69) is 13.6 Å². The summed E-state index contributed by atoms with van der Waals surface area (Å²) >= 11 is 6.90. The van der Waals surface area contributed by atoms with E-state index in [1.165, 1.54) is 23.9 Å². The van der Waals surface area contributed by atoms with Gasteiger partial charge >= 0.3 is 0 Å². The summed E-state index contributed by atoms with van der Waals surface area (Å²) in [6.45, 7) is 4.23. The quantitative estimate of drug-likeness (QED) is 0.838. The van der Waals surface area contributed by atoms with Crippen molar-refractivity contribution >= 4 is 29.2 Å². The van der Waals surface area contributed by atoms with Gasteiger partial charge in [-0.1, -0.05) is 11.6 Å². The summed E-state index contributed by atoms with van der Waals surface area (Å²) in [5, 5.41) is 0.0367. The molecule has 2 saturated heterocycles. The van der Waals surface area contributed by atoms with Crippen molar-refractivity contribution in [3.63, 3.8) is 0 Å². The molecule has 2 fully saturated rings. The first-order valence-corrected chi connectivity index (χ1v) is 8.89. The Morgan fingerprint density at radius 1 is 1.38 bits per heavy atom. The van der Waals surface area contributed by atoms with Crippen LogP contribution in [0.2, 0.25) is 5.02 Å². The number of rotatable bonds is 3. The lowest BCUT2D eigenvalue weighted by Crippen LogP contribution is -2.59. The Balaban J connectivity index is 1.36. The average molecular weight is 367 g/mol. The Hall–Kier alpha value is -1.57. The average Bonchev–Trinajstić information content (AvgIpc) is 3.18. The van der Waals surface area contributed by atoms with Crippen molar-refractivity contribution in [2.24, 2.45) is 5.41 Å². The van der Waals surface area contributed by atoms with Crippen molar-refractivity contribution in [3.05, 3.63) is 46.5 Å². The van der Waals surface area contributed by atoms with E-state index in [4.69, 9.17) is 11.6 Å². The van der Waals surface area contributed by atoms with Crippen LogP contribution in [0.15, 0.2) is 24.4 Å². The third-order valence-corrected chi connectivity index (χ3v) is 5.64. The summed E-state index contributed by atoms with van der Waals surface area (Å²) in [6.07, 6.45) is 2.88. The van der Waals surface area contributed by atoms with Crippen LogP contribution < -0.4 is 0 Å². The van der Waals surface area contributed by atoms with Crippen molar-refractivity contribution in [3.8, 4) is 0 Å². The molecule has 1 spiro atoms. The number of likely N-dealkylation sites (tertiary alicyclic amines) is 2. The Bertz CT molecular complexity index is 763. The third-order valence-electron chi connectivity index (χ3n) is 4.82. The fraction of sp³-hybridized carbons (Fsp3) is 0.438. The van der Waals surface area contributed by atoms with E-state index in [0.717, 1.165) is 44.8 Å². The van der Waals surface area contributed by atoms with Gasteiger partial charge in [0.2, 0.25) is 0 Å². The lowest BCUT2D eigenvalue weighted by Gasteiger charge is -2.48. The van der Waals surface area contributed by atoms with Gasteiger partial charge in [-0.3, -0.25) is 9.69 Å². The molecule has 3 heterocycles. The molecule has 0 N–H and O–H groups in total. The van der Waals surface area contributed by atoms with Crippen LogP contribution in [0, 0.1) is 11.2 Å². The Labute approximate surface area is 148 Å². The van der Waals surface area contributed by atoms with Crippen LogP contribution in [0.25, 0.3) is 0 Å². The van der Waals surface area contributed by atoms with Gasteiger partial charge in [-0.25, -0.2) is 4.39 Å². The fourth-order valence-corrected chi connectivity index (χ4v) is 4.17. The molecule has 0 unspecified atom stereocenters. The zero-order valence-electron chi connectivity index (χ0n) is 12.9. The smallest absolute Gasteiger partial charge is 0.253 e. The second-order valence-electron chi connectivity index (χ2n) is 6.65. The van der Waals surface area contributed by atoms with Gasteiger partial charge in [0, 0.05) is 37.2 Å². The SMILES string of the molecule is O=C(c1ccc(Cl)c(F)c1)N1CC2(CCN(Cc3cnsn3)C2)C1. The van der Waals surface area contributed by atoms with Gasteiger partial charge in [-0.15, -0.1) is 0 Å². The molecule has 1 amide bonds. The van der Waals surface area contributed by atoms with Gasteiger partial charge in [0.05, 0.1) is 28.6 Å². The van der Waals surface area contributed by atoms with E-state index >= 15 is 0 Å². The van der Waals surface area contributed by atoms with Crippen molar-refractivity contribution in [1.82, 2.24) is 18.5 Å². The summed E-state index contributed by atoms with van der Waals surface area (Å²) in [5.74, 6) is -0.681. The summed E-state index contributed by atoms with van der Waals surface area (Å²) in [4.78, 5) is 16.6. The predicted octanol–water partition coefficient (Wildman–Crippen LogP) is 2.68. The molecule has 2 aliphatic rings. The maximum absolute atomic E-state index is 13.5. The standard InChI is InChI=1S/C16H16ClFN4OS/c17-13-2-1-11(5-14(13)18)15(23)22-9-16(10-22)3-4-21(8-16)7-12-6-19-24-20-12/h1-2,5-6H,3-4,7-10H2. The lowest BCUT2D eigenvalue weighted by molar-refractivity contribution is 0.0103. The van der Waals surface area contributed by atoms with Gasteiger partial charge in [0.15, 0.2) is 0 Å². The van der Waals surface area contributed by atoms with Gasteiger partial charge in [-0.2, -0.15) is 8.75 Å². The molecule has 0 bridgehead atoms. The molecule has 8 heteroatoms. The fourth-order valence-electron chi connectivity index (χ4n) is 3.62. The number of nitrogens with zero attached hydrogens (tertiary/aromatic N) is 4. The number of aromatic nitrogens is 2. The minimum Gasteiger partial charge on any atom is -0.337 e. The normalized spacial score (nSPS) is 19.7. The topological polar surface area (TPSA) is 49.3 Å². The monoisotopic (exact) mass is 366 g/mol.